The Morgan fingerprint density at radius 1 is 1.04 bits per heavy atom. The molecule has 1 aromatic carbocycles. The Hall–Kier alpha value is -2.25. The fourth-order valence-electron chi connectivity index (χ4n) is 2.84. The molecule has 0 saturated carbocycles. The van der Waals surface area contributed by atoms with Gasteiger partial charge in [0.05, 0.1) is 11.1 Å². The maximum absolute atomic E-state index is 12.4. The van der Waals surface area contributed by atoms with Crippen LogP contribution in [0.4, 0.5) is 0 Å². The number of nitrogens with zero attached hydrogens (tertiary/aromatic N) is 3. The summed E-state index contributed by atoms with van der Waals surface area (Å²) < 4.78 is 0. The van der Waals surface area contributed by atoms with E-state index in [0.717, 1.165) is 31.1 Å². The number of hydrogen-bond acceptors (Lipinski definition) is 5. The molecule has 0 aromatic heterocycles. The highest BCUT2D eigenvalue weighted by Gasteiger charge is 2.40. The second kappa shape index (κ2) is 6.10. The number of carbonyl (C=O) groups excluding carboxylic acids is 3. The molecule has 0 spiro atoms. The summed E-state index contributed by atoms with van der Waals surface area (Å²) >= 11 is 0. The summed E-state index contributed by atoms with van der Waals surface area (Å²) in [5, 5.41) is 1.83. The zero-order valence-electron chi connectivity index (χ0n) is 13.3. The Balaban J connectivity index is 1.69. The predicted molar refractivity (Wildman–Crippen MR) is 83.6 cm³/mol. The third-order valence-corrected chi connectivity index (χ3v) is 4.36. The van der Waals surface area contributed by atoms with E-state index in [2.05, 4.69) is 10.3 Å². The average Bonchev–Trinajstić information content (AvgIpc) is 2.81. The lowest BCUT2D eigenvalue weighted by Crippen LogP contribution is -2.57. The Morgan fingerprint density at radius 3 is 2.09 bits per heavy atom. The van der Waals surface area contributed by atoms with E-state index in [1.165, 1.54) is 0 Å². The quantitative estimate of drug-likeness (QED) is 0.792. The van der Waals surface area contributed by atoms with Gasteiger partial charge in [-0.1, -0.05) is 12.1 Å². The van der Waals surface area contributed by atoms with E-state index >= 15 is 0 Å². The minimum atomic E-state index is -0.845. The van der Waals surface area contributed by atoms with Crippen LogP contribution in [0, 0.1) is 0 Å². The lowest BCUT2D eigenvalue weighted by Gasteiger charge is -2.33. The van der Waals surface area contributed by atoms with Crippen molar-refractivity contribution in [3.63, 3.8) is 0 Å². The predicted octanol–water partition coefficient (Wildman–Crippen LogP) is -0.0503. The Kier molecular flexibility index (Phi) is 4.14. The molecule has 1 atom stereocenters. The van der Waals surface area contributed by atoms with Gasteiger partial charge in [0.2, 0.25) is 0 Å². The number of fused-ring (bicyclic) bond motifs is 1. The molecular formula is C16H20N4O3. The van der Waals surface area contributed by atoms with Gasteiger partial charge in [0.15, 0.2) is 0 Å². The SMILES string of the molecule is CC(C(=O)NN1CCN(C)CC1)N1C(=O)c2ccccc2C1=O. The molecule has 1 aromatic rings. The van der Waals surface area contributed by atoms with Gasteiger partial charge in [-0.3, -0.25) is 24.7 Å². The van der Waals surface area contributed by atoms with Gasteiger partial charge in [-0.15, -0.1) is 0 Å². The van der Waals surface area contributed by atoms with Crippen LogP contribution in [0.1, 0.15) is 27.6 Å². The minimum absolute atomic E-state index is 0.343. The van der Waals surface area contributed by atoms with Crippen LogP contribution in [-0.4, -0.2) is 71.8 Å². The molecule has 7 heteroatoms. The molecule has 2 aliphatic rings. The number of piperazine rings is 1. The van der Waals surface area contributed by atoms with E-state index in [-0.39, 0.29) is 5.91 Å². The highest BCUT2D eigenvalue weighted by Crippen LogP contribution is 2.24. The van der Waals surface area contributed by atoms with Crippen LogP contribution in [0.2, 0.25) is 0 Å². The third-order valence-electron chi connectivity index (χ3n) is 4.36. The monoisotopic (exact) mass is 316 g/mol. The fourth-order valence-corrected chi connectivity index (χ4v) is 2.84. The lowest BCUT2D eigenvalue weighted by molar-refractivity contribution is -0.130. The molecule has 2 heterocycles. The average molecular weight is 316 g/mol. The van der Waals surface area contributed by atoms with E-state index in [1.54, 1.807) is 31.2 Å². The van der Waals surface area contributed by atoms with Crippen LogP contribution in [-0.2, 0) is 4.79 Å². The molecule has 1 N–H and O–H groups in total. The van der Waals surface area contributed by atoms with Crippen molar-refractivity contribution < 1.29 is 14.4 Å². The van der Waals surface area contributed by atoms with Crippen molar-refractivity contribution in [1.82, 2.24) is 20.2 Å². The highest BCUT2D eigenvalue weighted by molar-refractivity contribution is 6.22. The minimum Gasteiger partial charge on any atom is -0.304 e. The van der Waals surface area contributed by atoms with Gasteiger partial charge in [-0.05, 0) is 26.1 Å². The number of amides is 3. The molecule has 23 heavy (non-hydrogen) atoms. The molecule has 1 unspecified atom stereocenters. The van der Waals surface area contributed by atoms with E-state index in [9.17, 15) is 14.4 Å². The van der Waals surface area contributed by atoms with Crippen LogP contribution in [0.15, 0.2) is 24.3 Å². The second-order valence-electron chi connectivity index (χ2n) is 5.97. The number of benzene rings is 1. The van der Waals surface area contributed by atoms with E-state index in [0.29, 0.717) is 11.1 Å². The largest absolute Gasteiger partial charge is 0.304 e. The number of rotatable bonds is 3. The lowest BCUT2D eigenvalue weighted by atomic mass is 10.1. The molecule has 0 aliphatic carbocycles. The van der Waals surface area contributed by atoms with Crippen molar-refractivity contribution in [2.24, 2.45) is 0 Å². The van der Waals surface area contributed by atoms with Crippen LogP contribution < -0.4 is 5.43 Å². The molecule has 0 bridgehead atoms. The topological polar surface area (TPSA) is 73.0 Å². The van der Waals surface area contributed by atoms with Crippen LogP contribution in [0.3, 0.4) is 0 Å². The summed E-state index contributed by atoms with van der Waals surface area (Å²) in [6.45, 7) is 4.74. The molecular weight excluding hydrogens is 296 g/mol. The third kappa shape index (κ3) is 2.85. The Morgan fingerprint density at radius 2 is 1.57 bits per heavy atom. The number of hydrazine groups is 1. The van der Waals surface area contributed by atoms with Gasteiger partial charge < -0.3 is 4.90 Å². The van der Waals surface area contributed by atoms with Crippen molar-refractivity contribution in [1.29, 1.82) is 0 Å². The number of hydrogen-bond donors (Lipinski definition) is 1. The van der Waals surface area contributed by atoms with E-state index in [1.807, 2.05) is 12.1 Å². The van der Waals surface area contributed by atoms with E-state index < -0.39 is 17.9 Å². The molecule has 1 saturated heterocycles. The van der Waals surface area contributed by atoms with Crippen molar-refractivity contribution in [3.8, 4) is 0 Å². The molecule has 1 fully saturated rings. The zero-order chi connectivity index (χ0) is 16.6. The van der Waals surface area contributed by atoms with Crippen molar-refractivity contribution >= 4 is 17.7 Å². The summed E-state index contributed by atoms with van der Waals surface area (Å²) in [6.07, 6.45) is 0. The van der Waals surface area contributed by atoms with Gasteiger partial charge >= 0.3 is 0 Å². The van der Waals surface area contributed by atoms with Gasteiger partial charge in [-0.2, -0.15) is 0 Å². The second-order valence-corrected chi connectivity index (χ2v) is 5.97. The van der Waals surface area contributed by atoms with Gasteiger partial charge in [0.25, 0.3) is 17.7 Å². The number of nitrogens with one attached hydrogen (secondary N) is 1. The number of imide groups is 1. The van der Waals surface area contributed by atoms with E-state index in [4.69, 9.17) is 0 Å². The molecule has 7 nitrogen and oxygen atoms in total. The maximum atomic E-state index is 12.4. The smallest absolute Gasteiger partial charge is 0.262 e. The normalized spacial score (nSPS) is 20.5. The molecule has 2 aliphatic heterocycles. The first-order valence-electron chi connectivity index (χ1n) is 7.70. The fraction of sp³-hybridized carbons (Fsp3) is 0.438. The van der Waals surface area contributed by atoms with Gasteiger partial charge in [0.1, 0.15) is 6.04 Å². The molecule has 122 valence electrons. The first kappa shape index (κ1) is 15.6. The molecule has 3 amide bonds. The first-order valence-corrected chi connectivity index (χ1v) is 7.70. The number of carbonyl (C=O) groups is 3. The van der Waals surface area contributed by atoms with Crippen LogP contribution in [0.5, 0.6) is 0 Å². The Labute approximate surface area is 134 Å². The van der Waals surface area contributed by atoms with Crippen molar-refractivity contribution in [2.45, 2.75) is 13.0 Å². The van der Waals surface area contributed by atoms with Crippen LogP contribution >= 0.6 is 0 Å². The summed E-state index contributed by atoms with van der Waals surface area (Å²) in [7, 11) is 2.03. The standard InChI is InChI=1S/C16H20N4O3/c1-11(14(21)17-19-9-7-18(2)8-10-19)20-15(22)12-5-3-4-6-13(12)16(20)23/h3-6,11H,7-10H2,1-2H3,(H,17,21). The molecule has 3 rings (SSSR count). The Bertz CT molecular complexity index is 617. The van der Waals surface area contributed by atoms with Gasteiger partial charge in [-0.25, -0.2) is 5.01 Å². The van der Waals surface area contributed by atoms with Crippen LogP contribution in [0.25, 0.3) is 0 Å². The summed E-state index contributed by atoms with van der Waals surface area (Å²) in [6, 6.07) is 5.80. The number of likely N-dealkylation sites (N-methyl/N-ethyl adjacent to an activating group) is 1. The van der Waals surface area contributed by atoms with Crippen molar-refractivity contribution in [3.05, 3.63) is 35.4 Å². The zero-order valence-corrected chi connectivity index (χ0v) is 13.3. The van der Waals surface area contributed by atoms with Crippen molar-refractivity contribution in [2.75, 3.05) is 33.2 Å². The maximum Gasteiger partial charge on any atom is 0.262 e. The summed E-state index contributed by atoms with van der Waals surface area (Å²) in [5.41, 5.74) is 3.52. The highest BCUT2D eigenvalue weighted by atomic mass is 16.2. The summed E-state index contributed by atoms with van der Waals surface area (Å²) in [4.78, 5) is 40.4. The first-order chi connectivity index (χ1) is 11.0. The molecule has 0 radical (unpaired) electrons. The van der Waals surface area contributed by atoms with Gasteiger partial charge in [0, 0.05) is 26.2 Å². The summed E-state index contributed by atoms with van der Waals surface area (Å²) in [5.74, 6) is -1.16.